The second-order valence-corrected chi connectivity index (χ2v) is 12.6. The number of halogens is 1. The summed E-state index contributed by atoms with van der Waals surface area (Å²) in [6.07, 6.45) is 5.70. The zero-order chi connectivity index (χ0) is 28.4. The maximum Gasteiger partial charge on any atom is 0.299 e. The van der Waals surface area contributed by atoms with Gasteiger partial charge in [-0.25, -0.2) is 13.1 Å². The van der Waals surface area contributed by atoms with E-state index in [0.29, 0.717) is 11.4 Å². The van der Waals surface area contributed by atoms with E-state index in [4.69, 9.17) is 16.3 Å². The number of thiazole rings is 1. The number of fused-ring (bicyclic) bond motifs is 2. The summed E-state index contributed by atoms with van der Waals surface area (Å²) in [7, 11) is -3.68. The fourth-order valence-corrected chi connectivity index (χ4v) is 6.40. The van der Waals surface area contributed by atoms with Crippen molar-refractivity contribution in [3.63, 3.8) is 0 Å². The maximum absolute atomic E-state index is 12.6. The molecule has 3 aromatic carbocycles. The first-order valence-electron chi connectivity index (χ1n) is 12.8. The zero-order valence-electron chi connectivity index (χ0n) is 22.3. The van der Waals surface area contributed by atoms with Crippen LogP contribution in [0.3, 0.4) is 0 Å². The van der Waals surface area contributed by atoms with E-state index >= 15 is 0 Å². The number of aromatic nitrogens is 1. The minimum Gasteiger partial charge on any atom is -0.439 e. The third kappa shape index (κ3) is 6.06. The Morgan fingerprint density at radius 2 is 1.85 bits per heavy atom. The number of sulfonamides is 1. The first kappa shape index (κ1) is 27.9. The summed E-state index contributed by atoms with van der Waals surface area (Å²) in [6.45, 7) is 4.69. The number of carbonyl (C=O) groups is 1. The van der Waals surface area contributed by atoms with E-state index in [0.717, 1.165) is 62.0 Å². The van der Waals surface area contributed by atoms with Crippen LogP contribution in [0.4, 0.5) is 5.69 Å². The largest absolute Gasteiger partial charge is 0.439 e. The average molecular weight is 595 g/mol. The fraction of sp³-hybridized carbons (Fsp3) is 0.200. The Morgan fingerprint density at radius 3 is 2.55 bits per heavy atom. The minimum absolute atomic E-state index is 0.169. The highest BCUT2D eigenvalue weighted by Gasteiger charge is 2.27. The summed E-state index contributed by atoms with van der Waals surface area (Å²) in [5, 5.41) is 1.32. The smallest absolute Gasteiger partial charge is 0.299 e. The summed E-state index contributed by atoms with van der Waals surface area (Å²) >= 11 is 7.77. The summed E-state index contributed by atoms with van der Waals surface area (Å²) < 4.78 is 34.4. The van der Waals surface area contributed by atoms with Gasteiger partial charge in [-0.2, -0.15) is 4.57 Å². The average Bonchev–Trinajstić information content (AvgIpc) is 3.43. The van der Waals surface area contributed by atoms with Crippen LogP contribution in [0.15, 0.2) is 84.3 Å². The Hall–Kier alpha value is -3.66. The van der Waals surface area contributed by atoms with Crippen LogP contribution in [0.1, 0.15) is 25.3 Å². The molecule has 2 heterocycles. The predicted octanol–water partition coefficient (Wildman–Crippen LogP) is 6.14. The summed E-state index contributed by atoms with van der Waals surface area (Å²) in [4.78, 5) is 14.7. The summed E-state index contributed by atoms with van der Waals surface area (Å²) in [5.41, 5.74) is 5.01. The van der Waals surface area contributed by atoms with E-state index in [1.165, 1.54) is 11.3 Å². The third-order valence-electron chi connectivity index (χ3n) is 6.47. The molecule has 10 heteroatoms. The fourth-order valence-electron chi connectivity index (χ4n) is 4.64. The van der Waals surface area contributed by atoms with Crippen LogP contribution in [-0.4, -0.2) is 27.1 Å². The van der Waals surface area contributed by atoms with Crippen molar-refractivity contribution in [2.75, 3.05) is 17.7 Å². The highest BCUT2D eigenvalue weighted by Crippen LogP contribution is 2.42. The van der Waals surface area contributed by atoms with Crippen molar-refractivity contribution in [1.82, 2.24) is 4.72 Å². The number of anilines is 1. The molecule has 1 aliphatic heterocycles. The predicted molar refractivity (Wildman–Crippen MR) is 162 cm³/mol. The van der Waals surface area contributed by atoms with Gasteiger partial charge in [0.15, 0.2) is 5.75 Å². The van der Waals surface area contributed by atoms with E-state index in [9.17, 15) is 13.2 Å². The van der Waals surface area contributed by atoms with E-state index in [1.54, 1.807) is 16.7 Å². The van der Waals surface area contributed by atoms with Gasteiger partial charge in [-0.15, -0.1) is 0 Å². The molecule has 1 N–H and O–H groups in total. The van der Waals surface area contributed by atoms with Crippen molar-refractivity contribution >= 4 is 60.8 Å². The second kappa shape index (κ2) is 11.4. The highest BCUT2D eigenvalue weighted by atomic mass is 35.5. The number of nitrogens with zero attached hydrogens (tertiary/aromatic N) is 2. The molecule has 40 heavy (non-hydrogen) atoms. The molecule has 4 aromatic rings. The number of hydrogen-bond acceptors (Lipinski definition) is 6. The van der Waals surface area contributed by atoms with Crippen molar-refractivity contribution in [1.29, 1.82) is 0 Å². The first-order valence-corrected chi connectivity index (χ1v) is 15.9. The number of rotatable bonds is 8. The Balaban J connectivity index is 1.52. The SMILES string of the molecule is CCC(=Cc1sc2ccc(Cl)cc2[n+]1CC(=O)NS(C)(=O)=O)C=C1Oc2ccc(-c3ccccc3)cc2N1CC. The van der Waals surface area contributed by atoms with Gasteiger partial charge in [0.2, 0.25) is 28.0 Å². The van der Waals surface area contributed by atoms with Gasteiger partial charge in [0.1, 0.15) is 4.70 Å². The number of amides is 1. The molecular formula is C30H29ClN3O4S2+. The molecule has 7 nitrogen and oxygen atoms in total. The van der Waals surface area contributed by atoms with Gasteiger partial charge in [0, 0.05) is 29.8 Å². The lowest BCUT2D eigenvalue weighted by Crippen LogP contribution is -2.45. The first-order chi connectivity index (χ1) is 19.1. The summed E-state index contributed by atoms with van der Waals surface area (Å²) in [5.74, 6) is 0.896. The molecule has 0 bridgehead atoms. The number of nitrogens with one attached hydrogen (secondary N) is 1. The lowest BCUT2D eigenvalue weighted by molar-refractivity contribution is -0.655. The third-order valence-corrected chi connectivity index (χ3v) is 8.42. The van der Waals surface area contributed by atoms with Crippen molar-refractivity contribution in [2.45, 2.75) is 26.8 Å². The van der Waals surface area contributed by atoms with Gasteiger partial charge in [-0.1, -0.05) is 66.3 Å². The molecule has 1 aliphatic rings. The molecule has 0 saturated heterocycles. The van der Waals surface area contributed by atoms with Gasteiger partial charge in [0.25, 0.3) is 10.9 Å². The van der Waals surface area contributed by atoms with E-state index < -0.39 is 15.9 Å². The molecule has 1 amide bonds. The van der Waals surface area contributed by atoms with Crippen molar-refractivity contribution in [2.24, 2.45) is 0 Å². The quantitative estimate of drug-likeness (QED) is 0.248. The highest BCUT2D eigenvalue weighted by molar-refractivity contribution is 7.89. The molecular weight excluding hydrogens is 566 g/mol. The van der Waals surface area contributed by atoms with Crippen molar-refractivity contribution in [3.05, 3.63) is 94.3 Å². The Bertz CT molecular complexity index is 1760. The van der Waals surface area contributed by atoms with Crippen LogP contribution < -0.4 is 18.9 Å². The minimum atomic E-state index is -3.68. The van der Waals surface area contributed by atoms with Crippen LogP contribution in [-0.2, 0) is 21.4 Å². The molecule has 0 unspecified atom stereocenters. The van der Waals surface area contributed by atoms with Crippen LogP contribution in [0.5, 0.6) is 5.75 Å². The van der Waals surface area contributed by atoms with Gasteiger partial charge < -0.3 is 9.64 Å². The molecule has 0 spiro atoms. The maximum atomic E-state index is 12.6. The van der Waals surface area contributed by atoms with Crippen molar-refractivity contribution < 1.29 is 22.5 Å². The molecule has 206 valence electrons. The van der Waals surface area contributed by atoms with Crippen LogP contribution in [0.2, 0.25) is 5.02 Å². The molecule has 0 radical (unpaired) electrons. The van der Waals surface area contributed by atoms with Gasteiger partial charge in [-0.05, 0) is 54.3 Å². The molecule has 0 atom stereocenters. The Labute approximate surface area is 243 Å². The van der Waals surface area contributed by atoms with Crippen LogP contribution >= 0.6 is 22.9 Å². The van der Waals surface area contributed by atoms with Crippen LogP contribution in [0.25, 0.3) is 27.4 Å². The Morgan fingerprint density at radius 1 is 1.07 bits per heavy atom. The number of allylic oxidation sites excluding steroid dienone is 2. The van der Waals surface area contributed by atoms with Gasteiger partial charge in [0.05, 0.1) is 11.9 Å². The monoisotopic (exact) mass is 594 g/mol. The molecule has 0 aliphatic carbocycles. The number of hydrogen-bond donors (Lipinski definition) is 1. The van der Waals surface area contributed by atoms with Crippen LogP contribution in [0, 0.1) is 0 Å². The molecule has 1 aromatic heterocycles. The zero-order valence-corrected chi connectivity index (χ0v) is 24.7. The Kier molecular flexibility index (Phi) is 7.98. The molecule has 0 saturated carbocycles. The normalized spacial score (nSPS) is 14.4. The number of carbonyl (C=O) groups excluding carboxylic acids is 1. The van der Waals surface area contributed by atoms with E-state index in [2.05, 4.69) is 47.7 Å². The van der Waals surface area contributed by atoms with Gasteiger partial charge >= 0.3 is 0 Å². The van der Waals surface area contributed by atoms with E-state index in [-0.39, 0.29) is 6.54 Å². The van der Waals surface area contributed by atoms with E-state index in [1.807, 2.05) is 42.5 Å². The topological polar surface area (TPSA) is 79.6 Å². The lowest BCUT2D eigenvalue weighted by Gasteiger charge is -2.16. The molecule has 5 rings (SSSR count). The van der Waals surface area contributed by atoms with Gasteiger partial charge in [-0.3, -0.25) is 4.79 Å². The van der Waals surface area contributed by atoms with Crippen molar-refractivity contribution in [3.8, 4) is 16.9 Å². The molecule has 0 fully saturated rings. The lowest BCUT2D eigenvalue weighted by atomic mass is 10.0. The second-order valence-electron chi connectivity index (χ2n) is 9.39. The standard InChI is InChI=1S/C30H28ClN3O4S2/c1-4-20(15-29-33(5-2)24-17-22(11-13-26(24)38-29)21-9-7-6-8-10-21)16-30-34(19-28(35)32-40(3,36)37)25-18-23(31)12-14-27(25)39-30/h6-18H,4-5,19H2,1-3H3/p+1. The number of benzene rings is 3. The number of ether oxygens (including phenoxy) is 1. The summed E-state index contributed by atoms with van der Waals surface area (Å²) in [6, 6.07) is 21.9.